The molecule has 0 radical (unpaired) electrons. The number of methoxy groups -OCH3 is 1. The van der Waals surface area contributed by atoms with E-state index in [-0.39, 0.29) is 11.7 Å². The smallest absolute Gasteiger partial charge is 0.258 e. The molecule has 0 aliphatic carbocycles. The molecule has 0 saturated carbocycles. The van der Waals surface area contributed by atoms with E-state index in [1.54, 1.807) is 49.6 Å². The van der Waals surface area contributed by atoms with Crippen molar-refractivity contribution in [2.24, 2.45) is 0 Å². The Morgan fingerprint density at radius 2 is 1.88 bits per heavy atom. The molecule has 0 aromatic heterocycles. The van der Waals surface area contributed by atoms with Gasteiger partial charge in [-0.05, 0) is 55.0 Å². The first-order valence-electron chi connectivity index (χ1n) is 7.95. The molecule has 0 spiro atoms. The molecule has 0 saturated heterocycles. The monoisotopic (exact) mass is 391 g/mol. The molecule has 0 fully saturated rings. The van der Waals surface area contributed by atoms with E-state index in [1.807, 2.05) is 6.92 Å². The molecule has 0 N–H and O–H groups in total. The molecule has 2 aromatic carbocycles. The second-order valence-electron chi connectivity index (χ2n) is 6.06. The number of nitrogens with zero attached hydrogens (tertiary/aromatic N) is 1. The number of aryl methyl sites for hydroxylation is 1. The summed E-state index contributed by atoms with van der Waals surface area (Å²) < 4.78 is 28.9. The minimum Gasteiger partial charge on any atom is -0.497 e. The van der Waals surface area contributed by atoms with Crippen LogP contribution < -0.4 is 9.64 Å². The van der Waals surface area contributed by atoms with Gasteiger partial charge in [-0.3, -0.25) is 4.79 Å². The molecule has 1 aliphatic heterocycles. The molecule has 1 aliphatic rings. The van der Waals surface area contributed by atoms with Crippen LogP contribution in [0.3, 0.4) is 0 Å². The number of amides is 1. The summed E-state index contributed by atoms with van der Waals surface area (Å²) in [5, 5.41) is 1.67. The summed E-state index contributed by atoms with van der Waals surface area (Å²) in [6.07, 6.45) is 1.53. The van der Waals surface area contributed by atoms with Crippen molar-refractivity contribution in [3.63, 3.8) is 0 Å². The highest BCUT2D eigenvalue weighted by atomic mass is 35.5. The van der Waals surface area contributed by atoms with E-state index >= 15 is 0 Å². The van der Waals surface area contributed by atoms with Gasteiger partial charge in [0.25, 0.3) is 5.91 Å². The number of halogens is 1. The molecule has 1 heterocycles. The van der Waals surface area contributed by atoms with Crippen LogP contribution in [0.15, 0.2) is 53.9 Å². The molecular weight excluding hydrogens is 374 g/mol. The Hall–Kier alpha value is -2.31. The zero-order valence-corrected chi connectivity index (χ0v) is 15.9. The average Bonchev–Trinajstić information content (AvgIpc) is 2.97. The van der Waals surface area contributed by atoms with Crippen LogP contribution in [-0.4, -0.2) is 33.2 Å². The maximum absolute atomic E-state index is 13.2. The molecule has 1 atom stereocenters. The van der Waals surface area contributed by atoms with Crippen LogP contribution in [-0.2, 0) is 9.84 Å². The summed E-state index contributed by atoms with van der Waals surface area (Å²) >= 11 is 6.22. The van der Waals surface area contributed by atoms with E-state index in [1.165, 1.54) is 11.0 Å². The lowest BCUT2D eigenvalue weighted by Crippen LogP contribution is -2.41. The molecular formula is C19H18ClNO4S. The van der Waals surface area contributed by atoms with E-state index in [9.17, 15) is 13.2 Å². The molecule has 7 heteroatoms. The molecule has 0 bridgehead atoms. The summed E-state index contributed by atoms with van der Waals surface area (Å²) in [6, 6.07) is 11.3. The minimum atomic E-state index is -3.32. The number of carbonyl (C=O) groups excluding carboxylic acids is 1. The highest BCUT2D eigenvalue weighted by Crippen LogP contribution is 2.29. The summed E-state index contributed by atoms with van der Waals surface area (Å²) in [4.78, 5) is 14.6. The highest BCUT2D eigenvalue weighted by Gasteiger charge is 2.32. The summed E-state index contributed by atoms with van der Waals surface area (Å²) in [6.45, 7) is 1.86. The second kappa shape index (κ2) is 7.13. The van der Waals surface area contributed by atoms with Crippen molar-refractivity contribution in [3.05, 3.63) is 70.1 Å². The third-order valence-corrected chi connectivity index (χ3v) is 6.02. The quantitative estimate of drug-likeness (QED) is 0.798. The molecule has 0 unspecified atom stereocenters. The van der Waals surface area contributed by atoms with Gasteiger partial charge in [-0.1, -0.05) is 17.7 Å². The fraction of sp³-hybridized carbons (Fsp3) is 0.211. The number of anilines is 1. The number of carbonyl (C=O) groups is 1. The lowest BCUT2D eigenvalue weighted by atomic mass is 10.1. The minimum absolute atomic E-state index is 0.152. The van der Waals surface area contributed by atoms with Crippen molar-refractivity contribution in [2.45, 2.75) is 13.0 Å². The van der Waals surface area contributed by atoms with Gasteiger partial charge < -0.3 is 9.64 Å². The molecule has 136 valence electrons. The number of hydrogen-bond acceptors (Lipinski definition) is 4. The topological polar surface area (TPSA) is 63.7 Å². The zero-order chi connectivity index (χ0) is 18.9. The van der Waals surface area contributed by atoms with E-state index < -0.39 is 15.9 Å². The van der Waals surface area contributed by atoms with Crippen molar-refractivity contribution >= 4 is 33.0 Å². The Labute approximate surface area is 157 Å². The first-order valence-corrected chi connectivity index (χ1v) is 10.0. The third-order valence-electron chi connectivity index (χ3n) is 4.23. The number of hydrogen-bond donors (Lipinski definition) is 0. The van der Waals surface area contributed by atoms with Crippen LogP contribution in [0.25, 0.3) is 0 Å². The van der Waals surface area contributed by atoms with Crippen LogP contribution in [0.4, 0.5) is 5.69 Å². The Kier molecular flexibility index (Phi) is 5.07. The zero-order valence-electron chi connectivity index (χ0n) is 14.3. The SMILES string of the molecule is COc1ccc(C(=O)N(c2ccc(C)c(Cl)c2)[C@H]2C=CS(=O)(=O)C2)cc1. The average molecular weight is 392 g/mol. The van der Waals surface area contributed by atoms with E-state index in [0.717, 1.165) is 11.0 Å². The predicted molar refractivity (Wildman–Crippen MR) is 103 cm³/mol. The van der Waals surface area contributed by atoms with E-state index in [0.29, 0.717) is 22.0 Å². The Morgan fingerprint density at radius 1 is 1.19 bits per heavy atom. The van der Waals surface area contributed by atoms with Gasteiger partial charge in [0.2, 0.25) is 0 Å². The standard InChI is InChI=1S/C19H18ClNO4S/c1-13-3-6-15(11-18(13)20)21(16-9-10-26(23,24)12-16)19(22)14-4-7-17(25-2)8-5-14/h3-11,16H,12H2,1-2H3/t16-/m0/s1. The van der Waals surface area contributed by atoms with Gasteiger partial charge in [-0.15, -0.1) is 0 Å². The second-order valence-corrected chi connectivity index (χ2v) is 8.40. The first-order chi connectivity index (χ1) is 12.3. The van der Waals surface area contributed by atoms with Crippen molar-refractivity contribution in [2.75, 3.05) is 17.8 Å². The number of benzene rings is 2. The van der Waals surface area contributed by atoms with Gasteiger partial charge >= 0.3 is 0 Å². The lowest BCUT2D eigenvalue weighted by molar-refractivity contribution is 0.0983. The highest BCUT2D eigenvalue weighted by molar-refractivity contribution is 7.94. The Morgan fingerprint density at radius 3 is 2.42 bits per heavy atom. The van der Waals surface area contributed by atoms with E-state index in [4.69, 9.17) is 16.3 Å². The maximum Gasteiger partial charge on any atom is 0.258 e. The largest absolute Gasteiger partial charge is 0.497 e. The summed E-state index contributed by atoms with van der Waals surface area (Å²) in [5.74, 6) is 0.176. The molecule has 2 aromatic rings. The first kappa shape index (κ1) is 18.5. The predicted octanol–water partition coefficient (Wildman–Crippen LogP) is 3.61. The van der Waals surface area contributed by atoms with E-state index in [2.05, 4.69) is 0 Å². The van der Waals surface area contributed by atoms with Crippen LogP contribution in [0.5, 0.6) is 5.75 Å². The van der Waals surface area contributed by atoms with Gasteiger partial charge in [-0.25, -0.2) is 8.42 Å². The lowest BCUT2D eigenvalue weighted by Gasteiger charge is -2.28. The van der Waals surface area contributed by atoms with Crippen LogP contribution in [0.2, 0.25) is 5.02 Å². The molecule has 1 amide bonds. The maximum atomic E-state index is 13.2. The van der Waals surface area contributed by atoms with Gasteiger partial charge in [0.15, 0.2) is 9.84 Å². The summed E-state index contributed by atoms with van der Waals surface area (Å²) in [5.41, 5.74) is 1.86. The molecule has 26 heavy (non-hydrogen) atoms. The normalized spacial score (nSPS) is 17.9. The van der Waals surface area contributed by atoms with Gasteiger partial charge in [0, 0.05) is 21.7 Å². The Balaban J connectivity index is 2.03. The molecule has 5 nitrogen and oxygen atoms in total. The van der Waals surface area contributed by atoms with Crippen LogP contribution in [0.1, 0.15) is 15.9 Å². The van der Waals surface area contributed by atoms with Crippen molar-refractivity contribution < 1.29 is 17.9 Å². The van der Waals surface area contributed by atoms with Crippen molar-refractivity contribution in [3.8, 4) is 5.75 Å². The fourth-order valence-corrected chi connectivity index (χ4v) is 4.23. The molecule has 3 rings (SSSR count). The fourth-order valence-electron chi connectivity index (χ4n) is 2.78. The van der Waals surface area contributed by atoms with Gasteiger partial charge in [0.05, 0.1) is 18.9 Å². The van der Waals surface area contributed by atoms with Crippen LogP contribution in [0, 0.1) is 6.92 Å². The van der Waals surface area contributed by atoms with Crippen molar-refractivity contribution in [1.29, 1.82) is 0 Å². The van der Waals surface area contributed by atoms with Gasteiger partial charge in [-0.2, -0.15) is 0 Å². The van der Waals surface area contributed by atoms with Gasteiger partial charge in [0.1, 0.15) is 5.75 Å². The number of rotatable bonds is 4. The van der Waals surface area contributed by atoms with Crippen molar-refractivity contribution in [1.82, 2.24) is 0 Å². The Bertz CT molecular complexity index is 968. The third kappa shape index (κ3) is 3.76. The summed E-state index contributed by atoms with van der Waals surface area (Å²) in [7, 11) is -1.77. The number of ether oxygens (including phenoxy) is 1. The number of sulfone groups is 1. The van der Waals surface area contributed by atoms with Crippen LogP contribution >= 0.6 is 11.6 Å².